The molecular weight excluding hydrogens is 316 g/mol. The minimum absolute atomic E-state index is 0.0563. The van der Waals surface area contributed by atoms with E-state index in [1.165, 1.54) is 10.6 Å². The molecule has 1 atom stereocenters. The number of sulfonamides is 1. The third-order valence-electron chi connectivity index (χ3n) is 4.89. The van der Waals surface area contributed by atoms with Gasteiger partial charge in [0.1, 0.15) is 0 Å². The van der Waals surface area contributed by atoms with Gasteiger partial charge in [0.2, 0.25) is 15.9 Å². The first-order valence-corrected chi connectivity index (χ1v) is 10.3. The number of carbonyl (C=O) groups excluding carboxylic acids is 1. The number of hydrogen-bond donors (Lipinski definition) is 0. The number of carbonyl (C=O) groups is 1. The van der Waals surface area contributed by atoms with Gasteiger partial charge in [0, 0.05) is 32.1 Å². The van der Waals surface area contributed by atoms with E-state index in [0.29, 0.717) is 39.1 Å². The summed E-state index contributed by atoms with van der Waals surface area (Å²) in [5, 5.41) is 0. The van der Waals surface area contributed by atoms with E-state index in [1.807, 2.05) is 4.90 Å². The molecule has 2 aliphatic heterocycles. The van der Waals surface area contributed by atoms with Gasteiger partial charge in [-0.25, -0.2) is 12.7 Å². The monoisotopic (exact) mass is 346 g/mol. The van der Waals surface area contributed by atoms with Gasteiger partial charge in [0.05, 0.1) is 19.0 Å². The molecule has 0 spiro atoms. The quantitative estimate of drug-likeness (QED) is 0.756. The Bertz CT molecular complexity index is 519. The number of rotatable bonds is 2. The van der Waals surface area contributed by atoms with Crippen molar-refractivity contribution in [2.45, 2.75) is 46.1 Å². The first-order valence-electron chi connectivity index (χ1n) is 8.44. The van der Waals surface area contributed by atoms with Gasteiger partial charge < -0.3 is 9.64 Å². The summed E-state index contributed by atoms with van der Waals surface area (Å²) in [4.78, 5) is 14.6. The van der Waals surface area contributed by atoms with Crippen molar-refractivity contribution in [1.82, 2.24) is 9.21 Å². The molecule has 23 heavy (non-hydrogen) atoms. The molecule has 0 aromatic carbocycles. The highest BCUT2D eigenvalue weighted by Gasteiger charge is 2.34. The van der Waals surface area contributed by atoms with Crippen LogP contribution in [-0.4, -0.2) is 68.7 Å². The second kappa shape index (κ2) is 7.07. The molecule has 0 saturated carbocycles. The Hall–Kier alpha value is -0.660. The Morgan fingerprint density at radius 2 is 1.65 bits per heavy atom. The standard InChI is InChI=1S/C16H30N2O4S/c1-16(2,3)14-7-8-17(11-12-22-14)15(19)13-5-9-18(10-6-13)23(4,20)21/h13-14H,5-12H2,1-4H3. The van der Waals surface area contributed by atoms with Gasteiger partial charge in [-0.15, -0.1) is 0 Å². The second-order valence-corrected chi connectivity index (χ2v) is 9.76. The van der Waals surface area contributed by atoms with Crippen molar-refractivity contribution >= 4 is 15.9 Å². The van der Waals surface area contributed by atoms with Crippen molar-refractivity contribution in [2.75, 3.05) is 39.0 Å². The van der Waals surface area contributed by atoms with Crippen molar-refractivity contribution in [3.63, 3.8) is 0 Å². The maximum Gasteiger partial charge on any atom is 0.225 e. The van der Waals surface area contributed by atoms with E-state index in [4.69, 9.17) is 4.74 Å². The molecule has 2 fully saturated rings. The van der Waals surface area contributed by atoms with Crippen LogP contribution in [0.25, 0.3) is 0 Å². The van der Waals surface area contributed by atoms with Crippen LogP contribution < -0.4 is 0 Å². The first-order chi connectivity index (χ1) is 10.6. The topological polar surface area (TPSA) is 66.9 Å². The summed E-state index contributed by atoms with van der Waals surface area (Å²) in [6.07, 6.45) is 3.50. The minimum Gasteiger partial charge on any atom is -0.376 e. The second-order valence-electron chi connectivity index (χ2n) is 7.78. The Labute approximate surface area is 140 Å². The van der Waals surface area contributed by atoms with Crippen LogP contribution >= 0.6 is 0 Å². The first kappa shape index (κ1) is 18.7. The van der Waals surface area contributed by atoms with Crippen LogP contribution in [0.4, 0.5) is 0 Å². The van der Waals surface area contributed by atoms with E-state index >= 15 is 0 Å². The molecule has 2 rings (SSSR count). The SMILES string of the molecule is CC(C)(C)C1CCN(C(=O)C2CCN(S(C)(=O)=O)CC2)CCO1. The molecule has 0 aromatic heterocycles. The number of amides is 1. The fourth-order valence-corrected chi connectivity index (χ4v) is 4.24. The van der Waals surface area contributed by atoms with E-state index in [9.17, 15) is 13.2 Å². The molecular formula is C16H30N2O4S. The Balaban J connectivity index is 1.89. The van der Waals surface area contributed by atoms with Crippen molar-refractivity contribution in [3.8, 4) is 0 Å². The molecule has 2 heterocycles. The smallest absolute Gasteiger partial charge is 0.225 e. The van der Waals surface area contributed by atoms with Crippen LogP contribution in [0.1, 0.15) is 40.0 Å². The number of piperidine rings is 1. The third kappa shape index (κ3) is 4.90. The van der Waals surface area contributed by atoms with E-state index < -0.39 is 10.0 Å². The molecule has 0 bridgehead atoms. The van der Waals surface area contributed by atoms with Crippen LogP contribution in [0.5, 0.6) is 0 Å². The van der Waals surface area contributed by atoms with Gasteiger partial charge >= 0.3 is 0 Å². The number of ether oxygens (including phenoxy) is 1. The highest BCUT2D eigenvalue weighted by atomic mass is 32.2. The van der Waals surface area contributed by atoms with Crippen LogP contribution in [0.3, 0.4) is 0 Å². The summed E-state index contributed by atoms with van der Waals surface area (Å²) in [5.74, 6) is 0.107. The predicted molar refractivity (Wildman–Crippen MR) is 89.5 cm³/mol. The zero-order valence-corrected chi connectivity index (χ0v) is 15.6. The third-order valence-corrected chi connectivity index (χ3v) is 6.19. The summed E-state index contributed by atoms with van der Waals surface area (Å²) in [5.41, 5.74) is 0.0832. The summed E-state index contributed by atoms with van der Waals surface area (Å²) in [6, 6.07) is 0. The zero-order valence-electron chi connectivity index (χ0n) is 14.7. The average molecular weight is 346 g/mol. The summed E-state index contributed by atoms with van der Waals surface area (Å²) >= 11 is 0. The molecule has 0 N–H and O–H groups in total. The molecule has 134 valence electrons. The van der Waals surface area contributed by atoms with Crippen molar-refractivity contribution in [2.24, 2.45) is 11.3 Å². The molecule has 2 saturated heterocycles. The van der Waals surface area contributed by atoms with Crippen molar-refractivity contribution in [3.05, 3.63) is 0 Å². The maximum atomic E-state index is 12.7. The summed E-state index contributed by atoms with van der Waals surface area (Å²) < 4.78 is 30.5. The molecule has 0 radical (unpaired) electrons. The Morgan fingerprint density at radius 1 is 1.04 bits per heavy atom. The zero-order chi connectivity index (χ0) is 17.3. The molecule has 0 aromatic rings. The lowest BCUT2D eigenvalue weighted by Gasteiger charge is -2.32. The fourth-order valence-electron chi connectivity index (χ4n) is 3.37. The predicted octanol–water partition coefficient (Wildman–Crippen LogP) is 1.32. The van der Waals surface area contributed by atoms with Gasteiger partial charge in [0.15, 0.2) is 0 Å². The van der Waals surface area contributed by atoms with Crippen LogP contribution in [-0.2, 0) is 19.6 Å². The number of hydrogen-bond acceptors (Lipinski definition) is 4. The van der Waals surface area contributed by atoms with E-state index in [1.54, 1.807) is 0 Å². The lowest BCUT2D eigenvalue weighted by Crippen LogP contribution is -2.44. The lowest BCUT2D eigenvalue weighted by atomic mass is 9.87. The summed E-state index contributed by atoms with van der Waals surface area (Å²) in [6.45, 7) is 9.33. The molecule has 1 amide bonds. The molecule has 7 heteroatoms. The largest absolute Gasteiger partial charge is 0.376 e. The van der Waals surface area contributed by atoms with Crippen LogP contribution in [0.15, 0.2) is 0 Å². The van der Waals surface area contributed by atoms with Crippen molar-refractivity contribution < 1.29 is 17.9 Å². The highest BCUT2D eigenvalue weighted by Crippen LogP contribution is 2.28. The van der Waals surface area contributed by atoms with E-state index in [-0.39, 0.29) is 23.3 Å². The summed E-state index contributed by atoms with van der Waals surface area (Å²) in [7, 11) is -3.14. The Morgan fingerprint density at radius 3 is 2.17 bits per heavy atom. The van der Waals surface area contributed by atoms with Gasteiger partial charge in [0.25, 0.3) is 0 Å². The Kier molecular flexibility index (Phi) is 5.74. The van der Waals surface area contributed by atoms with Gasteiger partial charge in [-0.05, 0) is 24.7 Å². The normalized spacial score (nSPS) is 26.1. The van der Waals surface area contributed by atoms with Crippen LogP contribution in [0.2, 0.25) is 0 Å². The highest BCUT2D eigenvalue weighted by molar-refractivity contribution is 7.88. The van der Waals surface area contributed by atoms with Gasteiger partial charge in [-0.2, -0.15) is 0 Å². The lowest BCUT2D eigenvalue weighted by molar-refractivity contribution is -0.136. The van der Waals surface area contributed by atoms with E-state index in [0.717, 1.165) is 13.0 Å². The average Bonchev–Trinajstić information content (AvgIpc) is 2.71. The molecule has 0 aliphatic carbocycles. The van der Waals surface area contributed by atoms with Crippen LogP contribution in [0, 0.1) is 11.3 Å². The van der Waals surface area contributed by atoms with E-state index in [2.05, 4.69) is 20.8 Å². The molecule has 2 aliphatic rings. The number of nitrogens with zero attached hydrogens (tertiary/aromatic N) is 2. The fraction of sp³-hybridized carbons (Fsp3) is 0.938. The minimum atomic E-state index is -3.14. The molecule has 1 unspecified atom stereocenters. The maximum absolute atomic E-state index is 12.7. The van der Waals surface area contributed by atoms with Gasteiger partial charge in [-0.1, -0.05) is 20.8 Å². The van der Waals surface area contributed by atoms with Crippen molar-refractivity contribution in [1.29, 1.82) is 0 Å². The van der Waals surface area contributed by atoms with Gasteiger partial charge in [-0.3, -0.25) is 4.79 Å². The molecule has 6 nitrogen and oxygen atoms in total.